The SMILES string of the molecule is CC1(CNS(=O)(=O)c2cccs2)CCCNC1.Cl. The van der Waals surface area contributed by atoms with Crippen molar-refractivity contribution in [3.63, 3.8) is 0 Å². The fourth-order valence-corrected chi connectivity index (χ4v) is 4.26. The van der Waals surface area contributed by atoms with Gasteiger partial charge >= 0.3 is 0 Å². The second kappa shape index (κ2) is 6.34. The lowest BCUT2D eigenvalue weighted by molar-refractivity contribution is 0.238. The van der Waals surface area contributed by atoms with Crippen LogP contribution in [0.25, 0.3) is 0 Å². The monoisotopic (exact) mass is 310 g/mol. The molecule has 18 heavy (non-hydrogen) atoms. The lowest BCUT2D eigenvalue weighted by atomic mass is 9.83. The number of halogens is 1. The molecule has 1 fully saturated rings. The number of thiophene rings is 1. The lowest BCUT2D eigenvalue weighted by Gasteiger charge is -2.34. The molecule has 0 aliphatic carbocycles. The molecule has 1 aromatic rings. The largest absolute Gasteiger partial charge is 0.316 e. The standard InChI is InChI=1S/C11H18N2O2S2.ClH/c1-11(5-3-6-12-8-11)9-13-17(14,15)10-4-2-7-16-10;/h2,4,7,12-13H,3,5-6,8-9H2,1H3;1H. The van der Waals surface area contributed by atoms with E-state index in [1.807, 2.05) is 0 Å². The van der Waals surface area contributed by atoms with Crippen molar-refractivity contribution in [1.29, 1.82) is 0 Å². The minimum Gasteiger partial charge on any atom is -0.316 e. The minimum atomic E-state index is -3.31. The molecular weight excluding hydrogens is 292 g/mol. The van der Waals surface area contributed by atoms with Crippen LogP contribution >= 0.6 is 23.7 Å². The van der Waals surface area contributed by atoms with Crippen molar-refractivity contribution in [3.05, 3.63) is 17.5 Å². The van der Waals surface area contributed by atoms with Gasteiger partial charge in [0.15, 0.2) is 0 Å². The first kappa shape index (κ1) is 15.9. The summed E-state index contributed by atoms with van der Waals surface area (Å²) >= 11 is 1.25. The maximum absolute atomic E-state index is 12.0. The van der Waals surface area contributed by atoms with E-state index in [0.29, 0.717) is 10.8 Å². The van der Waals surface area contributed by atoms with Gasteiger partial charge in [0.25, 0.3) is 0 Å². The van der Waals surface area contributed by atoms with Crippen molar-refractivity contribution in [1.82, 2.24) is 10.0 Å². The summed E-state index contributed by atoms with van der Waals surface area (Å²) in [6.45, 7) is 4.53. The second-order valence-electron chi connectivity index (χ2n) is 4.85. The fraction of sp³-hybridized carbons (Fsp3) is 0.636. The quantitative estimate of drug-likeness (QED) is 0.892. The number of sulfonamides is 1. The van der Waals surface area contributed by atoms with Crippen molar-refractivity contribution >= 4 is 33.8 Å². The number of rotatable bonds is 4. The summed E-state index contributed by atoms with van der Waals surface area (Å²) in [6.07, 6.45) is 2.17. The van der Waals surface area contributed by atoms with Crippen LogP contribution in [-0.2, 0) is 10.0 Å². The number of nitrogens with one attached hydrogen (secondary N) is 2. The minimum absolute atomic E-state index is 0. The van der Waals surface area contributed by atoms with Crippen LogP contribution in [0.4, 0.5) is 0 Å². The van der Waals surface area contributed by atoms with E-state index in [4.69, 9.17) is 0 Å². The maximum atomic E-state index is 12.0. The molecule has 2 rings (SSSR count). The van der Waals surface area contributed by atoms with Crippen LogP contribution in [0.3, 0.4) is 0 Å². The first-order chi connectivity index (χ1) is 8.02. The van der Waals surface area contributed by atoms with Crippen molar-refractivity contribution < 1.29 is 8.42 Å². The summed E-state index contributed by atoms with van der Waals surface area (Å²) in [5.74, 6) is 0. The number of piperidine rings is 1. The third-order valence-electron chi connectivity index (χ3n) is 3.13. The highest BCUT2D eigenvalue weighted by molar-refractivity contribution is 7.91. The van der Waals surface area contributed by atoms with Gasteiger partial charge in [0.05, 0.1) is 0 Å². The van der Waals surface area contributed by atoms with Gasteiger partial charge in [0.2, 0.25) is 10.0 Å². The molecule has 0 spiro atoms. The molecule has 1 unspecified atom stereocenters. The van der Waals surface area contributed by atoms with E-state index < -0.39 is 10.0 Å². The molecule has 0 saturated carbocycles. The normalized spacial score (nSPS) is 24.5. The summed E-state index contributed by atoms with van der Waals surface area (Å²) in [7, 11) is -3.31. The zero-order valence-electron chi connectivity index (χ0n) is 10.3. The molecule has 2 heterocycles. The van der Waals surface area contributed by atoms with Gasteiger partial charge in [-0.1, -0.05) is 13.0 Å². The Labute approximate surface area is 119 Å². The first-order valence-electron chi connectivity index (χ1n) is 5.76. The first-order valence-corrected chi connectivity index (χ1v) is 8.12. The fourth-order valence-electron chi connectivity index (χ4n) is 2.03. The topological polar surface area (TPSA) is 58.2 Å². The smallest absolute Gasteiger partial charge is 0.250 e. The van der Waals surface area contributed by atoms with Crippen molar-refractivity contribution in [3.8, 4) is 0 Å². The zero-order chi connectivity index (χ0) is 12.4. The molecule has 0 radical (unpaired) electrons. The lowest BCUT2D eigenvalue weighted by Crippen LogP contribution is -2.45. The Bertz CT molecular complexity index is 453. The number of hydrogen-bond acceptors (Lipinski definition) is 4. The van der Waals surface area contributed by atoms with E-state index >= 15 is 0 Å². The van der Waals surface area contributed by atoms with E-state index in [1.165, 1.54) is 11.3 Å². The molecule has 104 valence electrons. The summed E-state index contributed by atoms with van der Waals surface area (Å²) in [5, 5.41) is 5.09. The Hall–Kier alpha value is -0.140. The molecule has 1 aliphatic heterocycles. The molecule has 1 aliphatic rings. The van der Waals surface area contributed by atoms with Gasteiger partial charge in [-0.25, -0.2) is 13.1 Å². The summed E-state index contributed by atoms with van der Waals surface area (Å²) < 4.78 is 27.0. The van der Waals surface area contributed by atoms with Crippen LogP contribution in [0.2, 0.25) is 0 Å². The molecule has 1 saturated heterocycles. The Morgan fingerprint density at radius 2 is 2.33 bits per heavy atom. The van der Waals surface area contributed by atoms with E-state index in [9.17, 15) is 8.42 Å². The van der Waals surface area contributed by atoms with Gasteiger partial charge in [-0.05, 0) is 36.2 Å². The van der Waals surface area contributed by atoms with Gasteiger partial charge in [-0.3, -0.25) is 0 Å². The molecule has 0 aromatic carbocycles. The Morgan fingerprint density at radius 1 is 1.56 bits per heavy atom. The molecular formula is C11H19ClN2O2S2. The van der Waals surface area contributed by atoms with Crippen molar-refractivity contribution in [2.45, 2.75) is 24.0 Å². The highest BCUT2D eigenvalue weighted by atomic mass is 35.5. The molecule has 4 nitrogen and oxygen atoms in total. The van der Waals surface area contributed by atoms with Crippen LogP contribution in [0, 0.1) is 5.41 Å². The molecule has 7 heteroatoms. The van der Waals surface area contributed by atoms with E-state index in [1.54, 1.807) is 17.5 Å². The predicted octanol–water partition coefficient (Wildman–Crippen LogP) is 1.84. The highest BCUT2D eigenvalue weighted by Gasteiger charge is 2.28. The summed E-state index contributed by atoms with van der Waals surface area (Å²) in [5.41, 5.74) is 0.0303. The average Bonchev–Trinajstić information content (AvgIpc) is 2.82. The third-order valence-corrected chi connectivity index (χ3v) is 5.93. The molecule has 2 N–H and O–H groups in total. The van der Waals surface area contributed by atoms with E-state index in [2.05, 4.69) is 17.0 Å². The van der Waals surface area contributed by atoms with Gasteiger partial charge in [0.1, 0.15) is 4.21 Å². The zero-order valence-corrected chi connectivity index (χ0v) is 12.8. The third kappa shape index (κ3) is 3.93. The van der Waals surface area contributed by atoms with Crippen LogP contribution in [0.5, 0.6) is 0 Å². The van der Waals surface area contributed by atoms with E-state index in [0.717, 1.165) is 25.9 Å². The van der Waals surface area contributed by atoms with Gasteiger partial charge in [-0.15, -0.1) is 23.7 Å². The van der Waals surface area contributed by atoms with Crippen LogP contribution < -0.4 is 10.0 Å². The van der Waals surface area contributed by atoms with Crippen molar-refractivity contribution in [2.24, 2.45) is 5.41 Å². The molecule has 1 atom stereocenters. The Balaban J connectivity index is 0.00000162. The van der Waals surface area contributed by atoms with E-state index in [-0.39, 0.29) is 17.8 Å². The van der Waals surface area contributed by atoms with Gasteiger partial charge < -0.3 is 5.32 Å². The predicted molar refractivity (Wildman–Crippen MR) is 77.0 cm³/mol. The Kier molecular flexibility index (Phi) is 5.61. The van der Waals surface area contributed by atoms with Gasteiger partial charge in [0, 0.05) is 13.1 Å². The van der Waals surface area contributed by atoms with Crippen molar-refractivity contribution in [2.75, 3.05) is 19.6 Å². The second-order valence-corrected chi connectivity index (χ2v) is 7.79. The summed E-state index contributed by atoms with van der Waals surface area (Å²) in [6, 6.07) is 3.39. The van der Waals surface area contributed by atoms with Crippen LogP contribution in [-0.4, -0.2) is 28.1 Å². The average molecular weight is 311 g/mol. The van der Waals surface area contributed by atoms with Crippen LogP contribution in [0.1, 0.15) is 19.8 Å². The van der Waals surface area contributed by atoms with Crippen LogP contribution in [0.15, 0.2) is 21.7 Å². The molecule has 0 bridgehead atoms. The maximum Gasteiger partial charge on any atom is 0.250 e. The Morgan fingerprint density at radius 3 is 2.89 bits per heavy atom. The number of hydrogen-bond donors (Lipinski definition) is 2. The van der Waals surface area contributed by atoms with Gasteiger partial charge in [-0.2, -0.15) is 0 Å². The molecule has 1 aromatic heterocycles. The molecule has 0 amide bonds. The highest BCUT2D eigenvalue weighted by Crippen LogP contribution is 2.25. The summed E-state index contributed by atoms with van der Waals surface area (Å²) in [4.78, 5) is 0.